The van der Waals surface area contributed by atoms with Crippen LogP contribution in [0.5, 0.6) is 0 Å². The Bertz CT molecular complexity index is 86.9. The van der Waals surface area contributed by atoms with Gasteiger partial charge < -0.3 is 11.1 Å². The second-order valence-electron chi connectivity index (χ2n) is 2.91. The van der Waals surface area contributed by atoms with Gasteiger partial charge in [0, 0.05) is 12.1 Å². The van der Waals surface area contributed by atoms with Crippen LogP contribution in [0.1, 0.15) is 26.2 Å². The lowest BCUT2D eigenvalue weighted by Crippen LogP contribution is -2.38. The van der Waals surface area contributed by atoms with E-state index in [0.717, 1.165) is 13.1 Å². The first-order valence-electron chi connectivity index (χ1n) is 3.78. The Labute approximate surface area is 56.8 Å². The summed E-state index contributed by atoms with van der Waals surface area (Å²) < 4.78 is 0. The van der Waals surface area contributed by atoms with Crippen LogP contribution in [0.3, 0.4) is 0 Å². The topological polar surface area (TPSA) is 38.0 Å². The van der Waals surface area contributed by atoms with E-state index < -0.39 is 0 Å². The molecule has 3 N–H and O–H groups in total. The van der Waals surface area contributed by atoms with Crippen molar-refractivity contribution in [3.63, 3.8) is 0 Å². The molecule has 0 atom stereocenters. The summed E-state index contributed by atoms with van der Waals surface area (Å²) in [6.07, 6.45) is 3.77. The van der Waals surface area contributed by atoms with Gasteiger partial charge in [0.2, 0.25) is 0 Å². The lowest BCUT2D eigenvalue weighted by Gasteiger charge is -2.12. The fraction of sp³-hybridized carbons (Fsp3) is 1.00. The average molecular weight is 128 g/mol. The summed E-state index contributed by atoms with van der Waals surface area (Å²) in [6, 6.07) is 0. The molecule has 2 heteroatoms. The van der Waals surface area contributed by atoms with E-state index in [9.17, 15) is 0 Å². The van der Waals surface area contributed by atoms with E-state index in [0.29, 0.717) is 5.54 Å². The zero-order valence-electron chi connectivity index (χ0n) is 6.11. The molecular weight excluding hydrogens is 112 g/mol. The van der Waals surface area contributed by atoms with Crippen LogP contribution in [0, 0.1) is 0 Å². The van der Waals surface area contributed by atoms with Crippen molar-refractivity contribution in [3.05, 3.63) is 0 Å². The fourth-order valence-corrected chi connectivity index (χ4v) is 0.994. The maximum atomic E-state index is 5.55. The first-order chi connectivity index (χ1) is 4.33. The van der Waals surface area contributed by atoms with E-state index >= 15 is 0 Å². The molecule has 2 nitrogen and oxygen atoms in total. The van der Waals surface area contributed by atoms with Crippen LogP contribution in [-0.2, 0) is 0 Å². The van der Waals surface area contributed by atoms with Crippen LogP contribution in [-0.4, -0.2) is 18.6 Å². The van der Waals surface area contributed by atoms with Crippen LogP contribution in [0.4, 0.5) is 0 Å². The summed E-state index contributed by atoms with van der Waals surface area (Å²) in [5, 5.41) is 3.44. The summed E-state index contributed by atoms with van der Waals surface area (Å²) in [7, 11) is 0. The van der Waals surface area contributed by atoms with E-state index in [2.05, 4.69) is 12.2 Å². The third-order valence-corrected chi connectivity index (χ3v) is 1.99. The van der Waals surface area contributed by atoms with Crippen molar-refractivity contribution in [2.45, 2.75) is 31.7 Å². The smallest absolute Gasteiger partial charge is 0.0305 e. The van der Waals surface area contributed by atoms with Crippen molar-refractivity contribution in [2.75, 3.05) is 13.1 Å². The molecule has 0 bridgehead atoms. The zero-order valence-corrected chi connectivity index (χ0v) is 6.11. The molecule has 1 saturated carbocycles. The molecular formula is C7H16N2. The first-order valence-corrected chi connectivity index (χ1v) is 3.78. The summed E-state index contributed by atoms with van der Waals surface area (Å²) in [4.78, 5) is 0. The minimum atomic E-state index is 0.371. The Balaban J connectivity index is 2.10. The Morgan fingerprint density at radius 2 is 2.22 bits per heavy atom. The molecule has 0 amide bonds. The van der Waals surface area contributed by atoms with Crippen molar-refractivity contribution < 1.29 is 0 Å². The van der Waals surface area contributed by atoms with Gasteiger partial charge in [0.15, 0.2) is 0 Å². The maximum Gasteiger partial charge on any atom is 0.0305 e. The van der Waals surface area contributed by atoms with Gasteiger partial charge in [-0.3, -0.25) is 0 Å². The Morgan fingerprint density at radius 1 is 1.56 bits per heavy atom. The van der Waals surface area contributed by atoms with E-state index in [1.807, 2.05) is 0 Å². The molecule has 1 fully saturated rings. The van der Waals surface area contributed by atoms with Crippen LogP contribution >= 0.6 is 0 Å². The van der Waals surface area contributed by atoms with Gasteiger partial charge in [-0.15, -0.1) is 0 Å². The molecule has 1 rings (SSSR count). The second-order valence-corrected chi connectivity index (χ2v) is 2.91. The quantitative estimate of drug-likeness (QED) is 0.578. The standard InChI is InChI=1S/C7H16N2/c1-2-5-9-7(6-8)3-4-7/h9H,2-6,8H2,1H3. The number of hydrogen-bond donors (Lipinski definition) is 2. The normalized spacial score (nSPS) is 22.0. The molecule has 0 heterocycles. The highest BCUT2D eigenvalue weighted by atomic mass is 15.0. The molecule has 0 unspecified atom stereocenters. The number of rotatable bonds is 4. The van der Waals surface area contributed by atoms with Crippen LogP contribution in [0.2, 0.25) is 0 Å². The van der Waals surface area contributed by atoms with Crippen LogP contribution in [0.15, 0.2) is 0 Å². The Morgan fingerprint density at radius 3 is 2.56 bits per heavy atom. The summed E-state index contributed by atoms with van der Waals surface area (Å²) in [5.41, 5.74) is 5.92. The molecule has 0 saturated heterocycles. The van der Waals surface area contributed by atoms with Gasteiger partial charge in [-0.2, -0.15) is 0 Å². The van der Waals surface area contributed by atoms with Gasteiger partial charge in [-0.25, -0.2) is 0 Å². The lowest BCUT2D eigenvalue weighted by atomic mass is 10.2. The molecule has 0 aromatic carbocycles. The third kappa shape index (κ3) is 1.66. The molecule has 9 heavy (non-hydrogen) atoms. The maximum absolute atomic E-state index is 5.55. The van der Waals surface area contributed by atoms with Crippen molar-refractivity contribution in [2.24, 2.45) is 5.73 Å². The fourth-order valence-electron chi connectivity index (χ4n) is 0.994. The van der Waals surface area contributed by atoms with Crippen molar-refractivity contribution in [3.8, 4) is 0 Å². The summed E-state index contributed by atoms with van der Waals surface area (Å²) >= 11 is 0. The monoisotopic (exact) mass is 128 g/mol. The first kappa shape index (κ1) is 7.03. The predicted molar refractivity (Wildman–Crippen MR) is 39.3 cm³/mol. The van der Waals surface area contributed by atoms with Crippen LogP contribution < -0.4 is 11.1 Å². The number of nitrogens with two attached hydrogens (primary N) is 1. The van der Waals surface area contributed by atoms with Gasteiger partial charge >= 0.3 is 0 Å². The van der Waals surface area contributed by atoms with Gasteiger partial charge in [0.1, 0.15) is 0 Å². The number of hydrogen-bond acceptors (Lipinski definition) is 2. The molecule has 1 aliphatic carbocycles. The van der Waals surface area contributed by atoms with Gasteiger partial charge in [0.05, 0.1) is 0 Å². The second kappa shape index (κ2) is 2.67. The minimum absolute atomic E-state index is 0.371. The van der Waals surface area contributed by atoms with Crippen molar-refractivity contribution >= 4 is 0 Å². The molecule has 0 aromatic heterocycles. The summed E-state index contributed by atoms with van der Waals surface area (Å²) in [6.45, 7) is 4.11. The van der Waals surface area contributed by atoms with Gasteiger partial charge in [-0.05, 0) is 25.8 Å². The Hall–Kier alpha value is -0.0800. The minimum Gasteiger partial charge on any atom is -0.329 e. The largest absolute Gasteiger partial charge is 0.329 e. The van der Waals surface area contributed by atoms with Gasteiger partial charge in [0.25, 0.3) is 0 Å². The Kier molecular flexibility index (Phi) is 2.09. The lowest BCUT2D eigenvalue weighted by molar-refractivity contribution is 0.505. The van der Waals surface area contributed by atoms with E-state index in [-0.39, 0.29) is 0 Å². The number of nitrogens with one attached hydrogen (secondary N) is 1. The molecule has 0 aliphatic heterocycles. The molecule has 0 aromatic rings. The van der Waals surface area contributed by atoms with E-state index in [4.69, 9.17) is 5.73 Å². The van der Waals surface area contributed by atoms with Gasteiger partial charge in [-0.1, -0.05) is 6.92 Å². The highest BCUT2D eigenvalue weighted by Gasteiger charge is 2.39. The summed E-state index contributed by atoms with van der Waals surface area (Å²) in [5.74, 6) is 0. The van der Waals surface area contributed by atoms with Crippen LogP contribution in [0.25, 0.3) is 0 Å². The molecule has 0 spiro atoms. The molecule has 1 aliphatic rings. The molecule has 0 radical (unpaired) electrons. The SMILES string of the molecule is CCCNC1(CN)CC1. The third-order valence-electron chi connectivity index (χ3n) is 1.99. The highest BCUT2D eigenvalue weighted by Crippen LogP contribution is 2.33. The average Bonchev–Trinajstić information content (AvgIpc) is 2.65. The molecule has 54 valence electrons. The highest BCUT2D eigenvalue weighted by molar-refractivity contribution is 5.02. The zero-order chi connectivity index (χ0) is 6.74. The predicted octanol–water partition coefficient (Wildman–Crippen LogP) is 0.477. The van der Waals surface area contributed by atoms with Crippen molar-refractivity contribution in [1.29, 1.82) is 0 Å². The van der Waals surface area contributed by atoms with Crippen molar-refractivity contribution in [1.82, 2.24) is 5.32 Å². The van der Waals surface area contributed by atoms with E-state index in [1.54, 1.807) is 0 Å². The van der Waals surface area contributed by atoms with E-state index in [1.165, 1.54) is 19.3 Å².